The normalized spacial score (nSPS) is 25.3. The fourth-order valence-corrected chi connectivity index (χ4v) is 4.25. The third-order valence-electron chi connectivity index (χ3n) is 6.30. The summed E-state index contributed by atoms with van der Waals surface area (Å²) in [5, 5.41) is 10.2. The second-order valence-corrected chi connectivity index (χ2v) is 9.85. The van der Waals surface area contributed by atoms with E-state index in [2.05, 4.69) is 21.3 Å². The first-order chi connectivity index (χ1) is 16.4. The summed E-state index contributed by atoms with van der Waals surface area (Å²) < 4.78 is 26.6. The van der Waals surface area contributed by atoms with Gasteiger partial charge in [0.1, 0.15) is 5.92 Å². The summed E-state index contributed by atoms with van der Waals surface area (Å²) in [5.41, 5.74) is -0.236. The van der Waals surface area contributed by atoms with Gasteiger partial charge in [0.15, 0.2) is 0 Å². The molecule has 4 rings (SSSR count). The lowest BCUT2D eigenvalue weighted by molar-refractivity contribution is -0.139. The van der Waals surface area contributed by atoms with Crippen LogP contribution in [0.2, 0.25) is 5.02 Å². The van der Waals surface area contributed by atoms with Crippen LogP contribution in [0.25, 0.3) is 0 Å². The maximum absolute atomic E-state index is 13.3. The number of alkyl halides is 2. The SMILES string of the molecule is C[C@@H]1C[C@@H](C[C@H](NC(=O)c2cc(Cl)ccc2NC(=O)[C@H]2CC2(F)F)C(=O)C(=O)NC2CC2)C(=O)N1. The molecule has 0 bridgehead atoms. The summed E-state index contributed by atoms with van der Waals surface area (Å²) in [7, 11) is 0. The van der Waals surface area contributed by atoms with Gasteiger partial charge >= 0.3 is 0 Å². The maximum Gasteiger partial charge on any atom is 0.289 e. The molecule has 0 spiro atoms. The highest BCUT2D eigenvalue weighted by molar-refractivity contribution is 6.38. The van der Waals surface area contributed by atoms with Crippen LogP contribution in [-0.4, -0.2) is 53.5 Å². The first-order valence-corrected chi connectivity index (χ1v) is 11.8. The minimum Gasteiger partial charge on any atom is -0.353 e. The molecule has 0 unspecified atom stereocenters. The molecule has 0 radical (unpaired) electrons. The molecule has 1 aromatic carbocycles. The third-order valence-corrected chi connectivity index (χ3v) is 6.54. The number of carbonyl (C=O) groups excluding carboxylic acids is 5. The van der Waals surface area contributed by atoms with Crippen molar-refractivity contribution < 1.29 is 32.8 Å². The van der Waals surface area contributed by atoms with Crippen molar-refractivity contribution in [2.24, 2.45) is 11.8 Å². The van der Waals surface area contributed by atoms with Crippen molar-refractivity contribution in [1.82, 2.24) is 16.0 Å². The molecule has 1 aliphatic heterocycles. The number of ketones is 1. The monoisotopic (exact) mass is 510 g/mol. The van der Waals surface area contributed by atoms with Gasteiger partial charge in [0.05, 0.1) is 17.3 Å². The molecular weight excluding hydrogens is 486 g/mol. The molecule has 2 aliphatic carbocycles. The smallest absolute Gasteiger partial charge is 0.289 e. The van der Waals surface area contributed by atoms with E-state index in [0.717, 1.165) is 12.8 Å². The van der Waals surface area contributed by atoms with Crippen molar-refractivity contribution >= 4 is 46.7 Å². The topological polar surface area (TPSA) is 133 Å². The highest BCUT2D eigenvalue weighted by Crippen LogP contribution is 2.49. The lowest BCUT2D eigenvalue weighted by Crippen LogP contribution is -2.49. The summed E-state index contributed by atoms with van der Waals surface area (Å²) in [6, 6.07) is 2.35. The lowest BCUT2D eigenvalue weighted by Gasteiger charge is -2.21. The largest absolute Gasteiger partial charge is 0.353 e. The average Bonchev–Trinajstić information content (AvgIpc) is 3.68. The standard InChI is InChI=1S/C23H25ClF2N4O5/c1-10-6-11(19(32)27-10)7-17(18(31)22(35)28-13-3-4-13)30-20(33)14-8-12(24)2-5-16(14)29-21(34)15-9-23(15,25)26/h2,5,8,10-11,13,15,17H,3-4,6-7,9H2,1H3,(H,27,32)(H,28,35)(H,29,34)(H,30,33)/t10-,11+,15-,17+/m1/s1. The van der Waals surface area contributed by atoms with Gasteiger partial charge in [0, 0.05) is 29.4 Å². The lowest BCUT2D eigenvalue weighted by atomic mass is 9.93. The molecule has 188 valence electrons. The van der Waals surface area contributed by atoms with E-state index < -0.39 is 53.7 Å². The summed E-state index contributed by atoms with van der Waals surface area (Å²) >= 11 is 6.01. The molecule has 12 heteroatoms. The van der Waals surface area contributed by atoms with E-state index in [0.29, 0.717) is 6.42 Å². The predicted molar refractivity (Wildman–Crippen MR) is 121 cm³/mol. The Morgan fingerprint density at radius 3 is 2.49 bits per heavy atom. The van der Waals surface area contributed by atoms with Gasteiger partial charge in [-0.05, 0) is 50.8 Å². The predicted octanol–water partition coefficient (Wildman–Crippen LogP) is 1.79. The fourth-order valence-electron chi connectivity index (χ4n) is 4.08. The van der Waals surface area contributed by atoms with E-state index in [1.165, 1.54) is 18.2 Å². The van der Waals surface area contributed by atoms with E-state index in [4.69, 9.17) is 11.6 Å². The maximum atomic E-state index is 13.3. The Balaban J connectivity index is 1.53. The second kappa shape index (κ2) is 9.52. The van der Waals surface area contributed by atoms with Crippen molar-refractivity contribution in [3.05, 3.63) is 28.8 Å². The van der Waals surface area contributed by atoms with Gasteiger partial charge in [-0.25, -0.2) is 8.78 Å². The van der Waals surface area contributed by atoms with Crippen molar-refractivity contribution in [2.45, 2.75) is 63.1 Å². The van der Waals surface area contributed by atoms with E-state index >= 15 is 0 Å². The molecule has 2 saturated carbocycles. The number of benzene rings is 1. The van der Waals surface area contributed by atoms with E-state index in [9.17, 15) is 32.8 Å². The van der Waals surface area contributed by atoms with E-state index in [-0.39, 0.29) is 40.7 Å². The quantitative estimate of drug-likeness (QED) is 0.376. The number of anilines is 1. The Labute approximate surface area is 204 Å². The third kappa shape index (κ3) is 5.95. The molecular formula is C23H25ClF2N4O5. The first-order valence-electron chi connectivity index (χ1n) is 11.4. The van der Waals surface area contributed by atoms with E-state index in [1.807, 2.05) is 0 Å². The number of Topliss-reactive ketones (excluding diaryl/α,β-unsaturated/α-hetero) is 1. The number of nitrogens with one attached hydrogen (secondary N) is 4. The number of halogens is 3. The zero-order valence-corrected chi connectivity index (χ0v) is 19.6. The van der Waals surface area contributed by atoms with Crippen molar-refractivity contribution in [1.29, 1.82) is 0 Å². The Morgan fingerprint density at radius 1 is 1.23 bits per heavy atom. The van der Waals surface area contributed by atoms with Crippen LogP contribution in [0.5, 0.6) is 0 Å². The molecule has 1 aromatic rings. The molecule has 35 heavy (non-hydrogen) atoms. The summed E-state index contributed by atoms with van der Waals surface area (Å²) in [6.45, 7) is 1.80. The molecule has 1 heterocycles. The molecule has 3 aliphatic rings. The minimum absolute atomic E-state index is 0.0690. The summed E-state index contributed by atoms with van der Waals surface area (Å²) in [5.74, 6) is -9.02. The zero-order valence-electron chi connectivity index (χ0n) is 18.8. The molecule has 4 N–H and O–H groups in total. The van der Waals surface area contributed by atoms with Crippen LogP contribution in [0, 0.1) is 11.8 Å². The van der Waals surface area contributed by atoms with Crippen molar-refractivity contribution in [3.63, 3.8) is 0 Å². The summed E-state index contributed by atoms with van der Waals surface area (Å²) in [6.07, 6.45) is 1.25. The highest BCUT2D eigenvalue weighted by Gasteiger charge is 2.61. The van der Waals surface area contributed by atoms with Gasteiger partial charge in [-0.3, -0.25) is 24.0 Å². The van der Waals surface area contributed by atoms with Gasteiger partial charge < -0.3 is 21.3 Å². The fraction of sp³-hybridized carbons (Fsp3) is 0.522. The first kappa shape index (κ1) is 25.0. The highest BCUT2D eigenvalue weighted by atomic mass is 35.5. The van der Waals surface area contributed by atoms with Crippen LogP contribution in [0.15, 0.2) is 18.2 Å². The van der Waals surface area contributed by atoms with Gasteiger partial charge in [-0.2, -0.15) is 0 Å². The number of carbonyl (C=O) groups is 5. The number of hydrogen-bond donors (Lipinski definition) is 4. The van der Waals surface area contributed by atoms with Crippen LogP contribution < -0.4 is 21.3 Å². The number of amides is 4. The molecule has 4 amide bonds. The van der Waals surface area contributed by atoms with E-state index in [1.54, 1.807) is 6.92 Å². The number of rotatable bonds is 9. The Bertz CT molecular complexity index is 1090. The van der Waals surface area contributed by atoms with Crippen LogP contribution in [0.1, 0.15) is 49.4 Å². The van der Waals surface area contributed by atoms with Crippen LogP contribution in [0.3, 0.4) is 0 Å². The molecule has 4 atom stereocenters. The number of hydrogen-bond acceptors (Lipinski definition) is 5. The minimum atomic E-state index is -3.09. The molecule has 0 aromatic heterocycles. The molecule has 1 saturated heterocycles. The second-order valence-electron chi connectivity index (χ2n) is 9.41. The summed E-state index contributed by atoms with van der Waals surface area (Å²) in [4.78, 5) is 62.9. The van der Waals surface area contributed by atoms with Crippen LogP contribution >= 0.6 is 11.6 Å². The van der Waals surface area contributed by atoms with Crippen molar-refractivity contribution in [2.75, 3.05) is 5.32 Å². The zero-order chi connectivity index (χ0) is 25.5. The van der Waals surface area contributed by atoms with Crippen molar-refractivity contribution in [3.8, 4) is 0 Å². The Kier molecular flexibility index (Phi) is 6.81. The molecule has 9 nitrogen and oxygen atoms in total. The molecule has 3 fully saturated rings. The Hall–Kier alpha value is -3.08. The van der Waals surface area contributed by atoms with Crippen LogP contribution in [-0.2, 0) is 19.2 Å². The van der Waals surface area contributed by atoms with Crippen LogP contribution in [0.4, 0.5) is 14.5 Å². The van der Waals surface area contributed by atoms with Gasteiger partial charge in [-0.15, -0.1) is 0 Å². The average molecular weight is 511 g/mol. The van der Waals surface area contributed by atoms with Gasteiger partial charge in [0.2, 0.25) is 17.6 Å². The van der Waals surface area contributed by atoms with Gasteiger partial charge in [-0.1, -0.05) is 11.6 Å². The van der Waals surface area contributed by atoms with Gasteiger partial charge in [0.25, 0.3) is 17.7 Å². The Morgan fingerprint density at radius 2 is 1.91 bits per heavy atom.